The van der Waals surface area contributed by atoms with Gasteiger partial charge in [-0.05, 0) is 45.2 Å². The molecule has 0 spiro atoms. The van der Waals surface area contributed by atoms with Crippen LogP contribution in [0, 0.1) is 19.8 Å². The number of hydrogen-bond acceptors (Lipinski definition) is 4. The number of rotatable bonds is 5. The molecule has 6 nitrogen and oxygen atoms in total. The van der Waals surface area contributed by atoms with Gasteiger partial charge in [-0.15, -0.1) is 0 Å². The van der Waals surface area contributed by atoms with E-state index in [1.54, 1.807) is 0 Å². The van der Waals surface area contributed by atoms with Crippen LogP contribution >= 0.6 is 0 Å². The Labute approximate surface area is 147 Å². The number of benzene rings is 1. The number of carbonyl (C=O) groups is 1. The molecule has 2 atom stereocenters. The molecule has 0 unspecified atom stereocenters. The van der Waals surface area contributed by atoms with E-state index in [0.29, 0.717) is 25.5 Å². The minimum Gasteiger partial charge on any atom is -0.493 e. The molecule has 1 aromatic heterocycles. The van der Waals surface area contributed by atoms with Crippen molar-refractivity contribution in [3.05, 3.63) is 46.8 Å². The van der Waals surface area contributed by atoms with E-state index in [1.807, 2.05) is 39.0 Å². The highest BCUT2D eigenvalue weighted by atomic mass is 16.5. The molecular formula is C19H25N3O3. The number of ether oxygens (including phenoxy) is 1. The van der Waals surface area contributed by atoms with Gasteiger partial charge < -0.3 is 19.9 Å². The van der Waals surface area contributed by atoms with Crippen molar-refractivity contribution < 1.29 is 14.1 Å². The third-order valence-electron chi connectivity index (χ3n) is 4.58. The third kappa shape index (κ3) is 4.32. The highest BCUT2D eigenvalue weighted by molar-refractivity contribution is 5.74. The summed E-state index contributed by atoms with van der Waals surface area (Å²) >= 11 is 0. The van der Waals surface area contributed by atoms with E-state index in [4.69, 9.17) is 9.26 Å². The Bertz CT molecular complexity index is 722. The van der Waals surface area contributed by atoms with Crippen LogP contribution in [0.3, 0.4) is 0 Å². The topological polar surface area (TPSA) is 76.4 Å². The van der Waals surface area contributed by atoms with E-state index >= 15 is 0 Å². The van der Waals surface area contributed by atoms with E-state index in [-0.39, 0.29) is 12.1 Å². The maximum atomic E-state index is 12.1. The smallest absolute Gasteiger partial charge is 0.315 e. The van der Waals surface area contributed by atoms with Crippen LogP contribution in [-0.4, -0.2) is 30.4 Å². The summed E-state index contributed by atoms with van der Waals surface area (Å²) in [5.41, 5.74) is 3.14. The molecule has 0 saturated heterocycles. The zero-order chi connectivity index (χ0) is 17.8. The average molecular weight is 343 g/mol. The van der Waals surface area contributed by atoms with Gasteiger partial charge in [-0.2, -0.15) is 0 Å². The Morgan fingerprint density at radius 1 is 1.36 bits per heavy atom. The first-order chi connectivity index (χ1) is 12.0. The summed E-state index contributed by atoms with van der Waals surface area (Å²) < 4.78 is 10.9. The Morgan fingerprint density at radius 2 is 2.16 bits per heavy atom. The van der Waals surface area contributed by atoms with Gasteiger partial charge in [0, 0.05) is 24.1 Å². The predicted octanol–water partition coefficient (Wildman–Crippen LogP) is 2.77. The molecule has 1 aliphatic rings. The first kappa shape index (κ1) is 17.3. The number of fused-ring (bicyclic) bond motifs is 1. The van der Waals surface area contributed by atoms with Crippen LogP contribution in [0.1, 0.15) is 29.5 Å². The Hall–Kier alpha value is -2.50. The molecule has 0 bridgehead atoms. The first-order valence-electron chi connectivity index (χ1n) is 8.69. The summed E-state index contributed by atoms with van der Waals surface area (Å²) in [5.74, 6) is 2.05. The van der Waals surface area contributed by atoms with Crippen LogP contribution in [0.2, 0.25) is 0 Å². The number of urea groups is 1. The van der Waals surface area contributed by atoms with Gasteiger partial charge in [0.15, 0.2) is 0 Å². The second kappa shape index (κ2) is 7.59. The highest BCUT2D eigenvalue weighted by Gasteiger charge is 2.20. The van der Waals surface area contributed by atoms with Gasteiger partial charge in [-0.3, -0.25) is 0 Å². The molecule has 1 aliphatic heterocycles. The third-order valence-corrected chi connectivity index (χ3v) is 4.58. The minimum absolute atomic E-state index is 0.000122. The van der Waals surface area contributed by atoms with Crippen LogP contribution in [0.25, 0.3) is 0 Å². The lowest BCUT2D eigenvalue weighted by Crippen LogP contribution is -2.44. The number of para-hydroxylation sites is 1. The maximum Gasteiger partial charge on any atom is 0.315 e. The Kier molecular flexibility index (Phi) is 5.26. The fraction of sp³-hybridized carbons (Fsp3) is 0.474. The summed E-state index contributed by atoms with van der Waals surface area (Å²) in [5, 5.41) is 9.87. The summed E-state index contributed by atoms with van der Waals surface area (Å²) in [7, 11) is 0. The fourth-order valence-electron chi connectivity index (χ4n) is 3.18. The lowest BCUT2D eigenvalue weighted by atomic mass is 9.97. The van der Waals surface area contributed by atoms with E-state index < -0.39 is 0 Å². The van der Waals surface area contributed by atoms with Gasteiger partial charge in [0.05, 0.1) is 12.3 Å². The van der Waals surface area contributed by atoms with Gasteiger partial charge >= 0.3 is 6.03 Å². The molecule has 0 radical (unpaired) electrons. The SMILES string of the molecule is Cc1noc(C)c1C[C@H](C)NC(=O)NC[C@H]1COc2ccccc2C1. The highest BCUT2D eigenvalue weighted by Crippen LogP contribution is 2.26. The van der Waals surface area contributed by atoms with Crippen molar-refractivity contribution in [2.75, 3.05) is 13.2 Å². The lowest BCUT2D eigenvalue weighted by Gasteiger charge is -2.25. The van der Waals surface area contributed by atoms with E-state index in [0.717, 1.165) is 29.2 Å². The van der Waals surface area contributed by atoms with Crippen LogP contribution in [0.4, 0.5) is 4.79 Å². The number of aryl methyl sites for hydroxylation is 2. The number of amides is 2. The molecule has 0 saturated carbocycles. The maximum absolute atomic E-state index is 12.1. The van der Waals surface area contributed by atoms with Crippen molar-refractivity contribution in [1.82, 2.24) is 15.8 Å². The summed E-state index contributed by atoms with van der Waals surface area (Å²) in [4.78, 5) is 12.1. The van der Waals surface area contributed by atoms with Crippen LogP contribution in [0.15, 0.2) is 28.8 Å². The molecule has 2 amide bonds. The minimum atomic E-state index is -0.155. The fourth-order valence-corrected chi connectivity index (χ4v) is 3.18. The number of hydrogen-bond donors (Lipinski definition) is 2. The van der Waals surface area contributed by atoms with Gasteiger partial charge in [-0.25, -0.2) is 4.79 Å². The van der Waals surface area contributed by atoms with E-state index in [9.17, 15) is 4.79 Å². The monoisotopic (exact) mass is 343 g/mol. The lowest BCUT2D eigenvalue weighted by molar-refractivity contribution is 0.210. The predicted molar refractivity (Wildman–Crippen MR) is 94.8 cm³/mol. The number of aromatic nitrogens is 1. The van der Waals surface area contributed by atoms with Crippen LogP contribution < -0.4 is 15.4 Å². The molecule has 2 heterocycles. The summed E-state index contributed by atoms with van der Waals surface area (Å²) in [6.07, 6.45) is 1.62. The molecule has 1 aromatic carbocycles. The second-order valence-electron chi connectivity index (χ2n) is 6.75. The molecule has 0 fully saturated rings. The molecule has 6 heteroatoms. The van der Waals surface area contributed by atoms with E-state index in [2.05, 4.69) is 21.9 Å². The van der Waals surface area contributed by atoms with Crippen molar-refractivity contribution in [1.29, 1.82) is 0 Å². The summed E-state index contributed by atoms with van der Waals surface area (Å²) in [6, 6.07) is 7.90. The van der Waals surface area contributed by atoms with Gasteiger partial charge in [0.1, 0.15) is 11.5 Å². The number of carbonyl (C=O) groups excluding carboxylic acids is 1. The average Bonchev–Trinajstić information content (AvgIpc) is 2.91. The quantitative estimate of drug-likeness (QED) is 0.875. The molecule has 2 aromatic rings. The molecule has 0 aliphatic carbocycles. The standard InChI is InChI=1S/C19H25N3O3/c1-12(8-17-13(2)22-25-14(17)3)21-19(23)20-10-15-9-16-6-4-5-7-18(16)24-11-15/h4-7,12,15H,8-11H2,1-3H3,(H2,20,21,23)/t12-,15-/m0/s1. The van der Waals surface area contributed by atoms with Crippen molar-refractivity contribution >= 4 is 6.03 Å². The molecule has 134 valence electrons. The summed E-state index contributed by atoms with van der Waals surface area (Å²) in [6.45, 7) is 7.01. The Morgan fingerprint density at radius 3 is 2.92 bits per heavy atom. The Balaban J connectivity index is 1.44. The van der Waals surface area contributed by atoms with Crippen molar-refractivity contribution in [3.63, 3.8) is 0 Å². The zero-order valence-electron chi connectivity index (χ0n) is 15.0. The van der Waals surface area contributed by atoms with E-state index in [1.165, 1.54) is 5.56 Å². The second-order valence-corrected chi connectivity index (χ2v) is 6.75. The van der Waals surface area contributed by atoms with Crippen molar-refractivity contribution in [2.24, 2.45) is 5.92 Å². The normalized spacial score (nSPS) is 17.3. The van der Waals surface area contributed by atoms with Crippen LogP contribution in [-0.2, 0) is 12.8 Å². The zero-order valence-corrected chi connectivity index (χ0v) is 15.0. The van der Waals surface area contributed by atoms with Crippen LogP contribution in [0.5, 0.6) is 5.75 Å². The number of nitrogens with zero attached hydrogens (tertiary/aromatic N) is 1. The largest absolute Gasteiger partial charge is 0.493 e. The van der Waals surface area contributed by atoms with Gasteiger partial charge in [0.25, 0.3) is 0 Å². The van der Waals surface area contributed by atoms with Gasteiger partial charge in [-0.1, -0.05) is 23.4 Å². The molecule has 25 heavy (non-hydrogen) atoms. The molecule has 3 rings (SSSR count). The first-order valence-corrected chi connectivity index (χ1v) is 8.69. The van der Waals surface area contributed by atoms with Crippen molar-refractivity contribution in [3.8, 4) is 5.75 Å². The number of nitrogens with one attached hydrogen (secondary N) is 2. The van der Waals surface area contributed by atoms with Crippen molar-refractivity contribution in [2.45, 2.75) is 39.7 Å². The molecule has 2 N–H and O–H groups in total. The van der Waals surface area contributed by atoms with Gasteiger partial charge in [0.2, 0.25) is 0 Å². The molecular weight excluding hydrogens is 318 g/mol.